The molecule has 2 aliphatic rings. The predicted octanol–water partition coefficient (Wildman–Crippen LogP) is 4.09. The summed E-state index contributed by atoms with van der Waals surface area (Å²) in [5.74, 6) is -2.74. The molecule has 5 N–H and O–H groups in total. The molecule has 0 aliphatic heterocycles. The van der Waals surface area contributed by atoms with Gasteiger partial charge in [-0.2, -0.15) is 0 Å². The molecule has 0 spiro atoms. The molecule has 0 fully saturated rings. The molecule has 1 atom stereocenters. The maximum atomic E-state index is 13.6. The maximum Gasteiger partial charge on any atom is 0.201 e. The first-order valence-corrected chi connectivity index (χ1v) is 11.7. The van der Waals surface area contributed by atoms with Crippen molar-refractivity contribution >= 4 is 11.6 Å². The molecule has 0 radical (unpaired) electrons. The summed E-state index contributed by atoms with van der Waals surface area (Å²) >= 11 is 0. The molecule has 4 aromatic rings. The molecule has 7 nitrogen and oxygen atoms in total. The Hall–Kier alpha value is -4.62. The quantitative estimate of drug-likeness (QED) is 0.237. The Kier molecular flexibility index (Phi) is 4.59. The first-order chi connectivity index (χ1) is 17.5. The molecule has 0 heterocycles. The molecule has 0 amide bonds. The number of phenols is 4. The summed E-state index contributed by atoms with van der Waals surface area (Å²) in [5.41, 5.74) is -0.173. The highest BCUT2D eigenvalue weighted by Crippen LogP contribution is 2.52. The van der Waals surface area contributed by atoms with Crippen molar-refractivity contribution in [3.63, 3.8) is 0 Å². The number of phenolic OH excluding ortho intramolecular Hbond substituents is 4. The number of aryl methyl sites for hydroxylation is 2. The number of fused-ring (bicyclic) bond motifs is 4. The Balaban J connectivity index is 1.67. The average Bonchev–Trinajstić information content (AvgIpc) is 2.81. The van der Waals surface area contributed by atoms with Gasteiger partial charge in [0.25, 0.3) is 0 Å². The molecule has 0 aromatic heterocycles. The lowest BCUT2D eigenvalue weighted by Gasteiger charge is -2.38. The van der Waals surface area contributed by atoms with Crippen LogP contribution in [0.3, 0.4) is 0 Å². The minimum absolute atomic E-state index is 0.00683. The second kappa shape index (κ2) is 7.44. The lowest BCUT2D eigenvalue weighted by atomic mass is 9.68. The molecule has 2 aliphatic carbocycles. The summed E-state index contributed by atoms with van der Waals surface area (Å²) in [6.45, 7) is 3.49. The fourth-order valence-corrected chi connectivity index (χ4v) is 5.83. The van der Waals surface area contributed by atoms with Gasteiger partial charge in [-0.25, -0.2) is 0 Å². The SMILES string of the molecule is Cc1cc(O)c2c(c1)Cc1ccc([C@@]3(O)c4cccc(O)c4C(=O)c4c(O)cc(C)cc43)c(O)c1C2=O. The number of aromatic hydroxyl groups is 4. The number of hydrogen-bond donors (Lipinski definition) is 5. The molecular formula is C30H22O7. The van der Waals surface area contributed by atoms with Crippen molar-refractivity contribution in [3.8, 4) is 23.0 Å². The van der Waals surface area contributed by atoms with E-state index in [1.54, 1.807) is 13.0 Å². The molecule has 0 saturated heterocycles. The van der Waals surface area contributed by atoms with E-state index in [1.807, 2.05) is 13.0 Å². The minimum Gasteiger partial charge on any atom is -0.507 e. The molecule has 0 unspecified atom stereocenters. The van der Waals surface area contributed by atoms with Crippen LogP contribution in [0.1, 0.15) is 70.8 Å². The van der Waals surface area contributed by atoms with E-state index in [-0.39, 0.29) is 56.9 Å². The van der Waals surface area contributed by atoms with Gasteiger partial charge in [0.15, 0.2) is 0 Å². The van der Waals surface area contributed by atoms with Crippen molar-refractivity contribution in [2.45, 2.75) is 25.9 Å². The van der Waals surface area contributed by atoms with Gasteiger partial charge in [-0.1, -0.05) is 36.4 Å². The molecule has 37 heavy (non-hydrogen) atoms. The maximum absolute atomic E-state index is 13.6. The first kappa shape index (κ1) is 22.8. The summed E-state index contributed by atoms with van der Waals surface area (Å²) in [6.07, 6.45) is 0.282. The van der Waals surface area contributed by atoms with Gasteiger partial charge < -0.3 is 25.5 Å². The van der Waals surface area contributed by atoms with Gasteiger partial charge in [0.1, 0.15) is 28.6 Å². The Morgan fingerprint density at radius 2 is 1.24 bits per heavy atom. The van der Waals surface area contributed by atoms with Gasteiger partial charge in [0.05, 0.1) is 22.3 Å². The second-order valence-electron chi connectivity index (χ2n) is 9.77. The number of rotatable bonds is 1. The van der Waals surface area contributed by atoms with E-state index in [9.17, 15) is 35.1 Å². The normalized spacial score (nSPS) is 17.6. The summed E-state index contributed by atoms with van der Waals surface area (Å²) in [4.78, 5) is 26.9. The van der Waals surface area contributed by atoms with Gasteiger partial charge >= 0.3 is 0 Å². The van der Waals surface area contributed by atoms with E-state index >= 15 is 0 Å². The van der Waals surface area contributed by atoms with Crippen LogP contribution in [0, 0.1) is 13.8 Å². The van der Waals surface area contributed by atoms with E-state index in [0.717, 1.165) is 5.56 Å². The summed E-state index contributed by atoms with van der Waals surface area (Å²) in [7, 11) is 0. The molecule has 6 rings (SSSR count). The van der Waals surface area contributed by atoms with Crippen LogP contribution in [0.15, 0.2) is 54.6 Å². The fourth-order valence-electron chi connectivity index (χ4n) is 5.83. The number of aliphatic hydroxyl groups is 1. The largest absolute Gasteiger partial charge is 0.507 e. The van der Waals surface area contributed by atoms with Crippen LogP contribution in [0.5, 0.6) is 23.0 Å². The molecule has 184 valence electrons. The van der Waals surface area contributed by atoms with Crippen molar-refractivity contribution in [1.82, 2.24) is 0 Å². The Labute approximate surface area is 211 Å². The monoisotopic (exact) mass is 494 g/mol. The number of hydrogen-bond acceptors (Lipinski definition) is 7. The van der Waals surface area contributed by atoms with Crippen molar-refractivity contribution in [2.75, 3.05) is 0 Å². The fraction of sp³-hybridized carbons (Fsp3) is 0.133. The van der Waals surface area contributed by atoms with Crippen molar-refractivity contribution < 1.29 is 35.1 Å². The van der Waals surface area contributed by atoms with Crippen molar-refractivity contribution in [2.24, 2.45) is 0 Å². The van der Waals surface area contributed by atoms with E-state index in [4.69, 9.17) is 0 Å². The minimum atomic E-state index is -2.20. The van der Waals surface area contributed by atoms with Crippen LogP contribution >= 0.6 is 0 Å². The molecule has 0 bridgehead atoms. The van der Waals surface area contributed by atoms with E-state index in [0.29, 0.717) is 16.7 Å². The number of carbonyl (C=O) groups is 2. The topological polar surface area (TPSA) is 135 Å². The van der Waals surface area contributed by atoms with Crippen LogP contribution in [-0.4, -0.2) is 37.1 Å². The van der Waals surface area contributed by atoms with E-state index < -0.39 is 28.7 Å². The smallest absolute Gasteiger partial charge is 0.201 e. The van der Waals surface area contributed by atoms with Gasteiger partial charge in [0.2, 0.25) is 11.6 Å². The molecular weight excluding hydrogens is 472 g/mol. The number of ketones is 2. The summed E-state index contributed by atoms with van der Waals surface area (Å²) in [5, 5.41) is 55.8. The van der Waals surface area contributed by atoms with Gasteiger partial charge in [-0.05, 0) is 60.7 Å². The lowest BCUT2D eigenvalue weighted by molar-refractivity contribution is 0.0927. The highest BCUT2D eigenvalue weighted by Gasteiger charge is 2.48. The lowest BCUT2D eigenvalue weighted by Crippen LogP contribution is -2.37. The van der Waals surface area contributed by atoms with E-state index in [2.05, 4.69) is 0 Å². The van der Waals surface area contributed by atoms with Crippen LogP contribution in [0.25, 0.3) is 0 Å². The molecule has 0 saturated carbocycles. The summed E-state index contributed by atoms with van der Waals surface area (Å²) < 4.78 is 0. The average molecular weight is 494 g/mol. The van der Waals surface area contributed by atoms with E-state index in [1.165, 1.54) is 42.5 Å². The van der Waals surface area contributed by atoms with Crippen LogP contribution in [0.4, 0.5) is 0 Å². The molecule has 4 aromatic carbocycles. The zero-order valence-corrected chi connectivity index (χ0v) is 20.0. The number of carbonyl (C=O) groups excluding carboxylic acids is 2. The Morgan fingerprint density at radius 1 is 0.622 bits per heavy atom. The zero-order valence-electron chi connectivity index (χ0n) is 20.0. The van der Waals surface area contributed by atoms with Crippen LogP contribution in [0.2, 0.25) is 0 Å². The van der Waals surface area contributed by atoms with Crippen LogP contribution < -0.4 is 0 Å². The molecule has 7 heteroatoms. The zero-order chi connectivity index (χ0) is 26.4. The number of benzene rings is 4. The standard InChI is InChI=1S/C30H22O7/c1-13-8-16-12-15-6-7-18(27(34)24(15)28(35)23(16)21(32)10-13)30(37)17-4-3-5-20(31)25(17)29(36)26-19(30)9-14(2)11-22(26)33/h3-11,31-34,37H,12H2,1-2H3/t30-/m0/s1. The van der Waals surface area contributed by atoms with Crippen molar-refractivity contribution in [1.29, 1.82) is 0 Å². The first-order valence-electron chi connectivity index (χ1n) is 11.7. The van der Waals surface area contributed by atoms with Crippen molar-refractivity contribution in [3.05, 3.63) is 116 Å². The van der Waals surface area contributed by atoms with Gasteiger partial charge in [-0.15, -0.1) is 0 Å². The third kappa shape index (κ3) is 2.92. The Morgan fingerprint density at radius 3 is 1.97 bits per heavy atom. The third-order valence-electron chi connectivity index (χ3n) is 7.37. The van der Waals surface area contributed by atoms with Gasteiger partial charge in [-0.3, -0.25) is 9.59 Å². The highest BCUT2D eigenvalue weighted by molar-refractivity contribution is 6.17. The summed E-state index contributed by atoms with van der Waals surface area (Å²) in [6, 6.07) is 13.5. The van der Waals surface area contributed by atoms with Gasteiger partial charge in [0, 0.05) is 16.7 Å². The van der Waals surface area contributed by atoms with Crippen LogP contribution in [-0.2, 0) is 12.0 Å². The Bertz CT molecular complexity index is 1720. The highest BCUT2D eigenvalue weighted by atomic mass is 16.3. The second-order valence-corrected chi connectivity index (χ2v) is 9.77. The predicted molar refractivity (Wildman–Crippen MR) is 134 cm³/mol. The third-order valence-corrected chi connectivity index (χ3v) is 7.37.